The molecule has 1 unspecified atom stereocenters. The maximum Gasteiger partial charge on any atom is 0.255 e. The van der Waals surface area contributed by atoms with Gasteiger partial charge in [0.15, 0.2) is 0 Å². The van der Waals surface area contributed by atoms with Crippen LogP contribution in [0.2, 0.25) is 0 Å². The molecule has 2 heterocycles. The molecule has 5 heteroatoms. The van der Waals surface area contributed by atoms with Gasteiger partial charge in [-0.2, -0.15) is 0 Å². The van der Waals surface area contributed by atoms with Gasteiger partial charge in [0.2, 0.25) is 0 Å². The van der Waals surface area contributed by atoms with E-state index >= 15 is 0 Å². The first-order valence-corrected chi connectivity index (χ1v) is 9.40. The number of pyridine rings is 1. The third-order valence-corrected chi connectivity index (χ3v) is 5.35. The molecule has 2 aromatic heterocycles. The Labute approximate surface area is 166 Å². The molecule has 0 saturated heterocycles. The van der Waals surface area contributed by atoms with Crippen molar-refractivity contribution in [1.82, 2.24) is 14.5 Å². The van der Waals surface area contributed by atoms with Crippen molar-refractivity contribution in [2.24, 2.45) is 0 Å². The quantitative estimate of drug-likeness (QED) is 0.640. The highest BCUT2D eigenvalue weighted by Gasteiger charge is 2.23. The average Bonchev–Trinajstić information content (AvgIpc) is 3.01. The standard InChI is InChI=1S/C23H27N3O2/c1-16-14-22(18(3)26(16)15-20-8-6-7-13-24-20)23(27)25(4)17(2)19-9-11-21(28-5)12-10-19/h6-14,17H,15H2,1-5H3. The summed E-state index contributed by atoms with van der Waals surface area (Å²) in [4.78, 5) is 19.4. The number of aryl methyl sites for hydroxylation is 1. The van der Waals surface area contributed by atoms with Crippen molar-refractivity contribution in [3.63, 3.8) is 0 Å². The van der Waals surface area contributed by atoms with Gasteiger partial charge in [-0.05, 0) is 56.7 Å². The highest BCUT2D eigenvalue weighted by atomic mass is 16.5. The zero-order valence-corrected chi connectivity index (χ0v) is 17.1. The second kappa shape index (κ2) is 8.30. The van der Waals surface area contributed by atoms with E-state index in [1.165, 1.54) is 0 Å². The monoisotopic (exact) mass is 377 g/mol. The van der Waals surface area contributed by atoms with Crippen LogP contribution in [-0.2, 0) is 6.54 Å². The fourth-order valence-corrected chi connectivity index (χ4v) is 3.39. The molecule has 0 aliphatic carbocycles. The summed E-state index contributed by atoms with van der Waals surface area (Å²) < 4.78 is 7.36. The molecule has 3 aromatic rings. The zero-order chi connectivity index (χ0) is 20.3. The van der Waals surface area contributed by atoms with Crippen LogP contribution in [0.4, 0.5) is 0 Å². The van der Waals surface area contributed by atoms with Gasteiger partial charge in [0.25, 0.3) is 5.91 Å². The molecular weight excluding hydrogens is 350 g/mol. The normalized spacial score (nSPS) is 11.9. The minimum atomic E-state index is -0.0442. The molecule has 0 aliphatic heterocycles. The largest absolute Gasteiger partial charge is 0.497 e. The Hall–Kier alpha value is -3.08. The Morgan fingerprint density at radius 2 is 1.89 bits per heavy atom. The van der Waals surface area contributed by atoms with Gasteiger partial charge in [0.1, 0.15) is 5.75 Å². The Bertz CT molecular complexity index is 946. The molecular formula is C23H27N3O2. The summed E-state index contributed by atoms with van der Waals surface area (Å²) in [5.41, 5.74) is 4.79. The SMILES string of the molecule is COc1ccc(C(C)N(C)C(=O)c2cc(C)n(Cc3ccccn3)c2C)cc1. The fourth-order valence-electron chi connectivity index (χ4n) is 3.39. The number of hydrogen-bond donors (Lipinski definition) is 0. The molecule has 28 heavy (non-hydrogen) atoms. The number of ether oxygens (including phenoxy) is 1. The van der Waals surface area contributed by atoms with Crippen LogP contribution in [0.5, 0.6) is 5.75 Å². The van der Waals surface area contributed by atoms with E-state index in [1.54, 1.807) is 18.2 Å². The van der Waals surface area contributed by atoms with E-state index in [1.807, 2.05) is 76.3 Å². The van der Waals surface area contributed by atoms with Gasteiger partial charge in [-0.15, -0.1) is 0 Å². The third-order valence-electron chi connectivity index (χ3n) is 5.35. The van der Waals surface area contributed by atoms with Crippen LogP contribution in [0.1, 0.15) is 46.0 Å². The lowest BCUT2D eigenvalue weighted by molar-refractivity contribution is 0.0742. The van der Waals surface area contributed by atoms with Crippen molar-refractivity contribution in [2.45, 2.75) is 33.4 Å². The summed E-state index contributed by atoms with van der Waals surface area (Å²) in [6.07, 6.45) is 1.79. The molecule has 0 aliphatic rings. The third kappa shape index (κ3) is 3.93. The molecule has 1 amide bonds. The highest BCUT2D eigenvalue weighted by molar-refractivity contribution is 5.95. The van der Waals surface area contributed by atoms with Crippen LogP contribution in [0.25, 0.3) is 0 Å². The molecule has 3 rings (SSSR count). The van der Waals surface area contributed by atoms with Crippen molar-refractivity contribution in [3.8, 4) is 5.75 Å². The van der Waals surface area contributed by atoms with E-state index in [9.17, 15) is 4.79 Å². The molecule has 0 radical (unpaired) electrons. The first-order chi connectivity index (χ1) is 13.4. The van der Waals surface area contributed by atoms with E-state index in [0.29, 0.717) is 6.54 Å². The minimum Gasteiger partial charge on any atom is -0.497 e. The second-order valence-corrected chi connectivity index (χ2v) is 7.06. The number of hydrogen-bond acceptors (Lipinski definition) is 3. The topological polar surface area (TPSA) is 47.4 Å². The summed E-state index contributed by atoms with van der Waals surface area (Å²) in [6.45, 7) is 6.71. The van der Waals surface area contributed by atoms with Crippen molar-refractivity contribution in [3.05, 3.63) is 82.9 Å². The number of carbonyl (C=O) groups is 1. The van der Waals surface area contributed by atoms with Crippen LogP contribution in [-0.4, -0.2) is 34.5 Å². The van der Waals surface area contributed by atoms with E-state index in [4.69, 9.17) is 4.74 Å². The van der Waals surface area contributed by atoms with Gasteiger partial charge < -0.3 is 14.2 Å². The van der Waals surface area contributed by atoms with Crippen LogP contribution in [0.15, 0.2) is 54.7 Å². The summed E-state index contributed by atoms with van der Waals surface area (Å²) in [7, 11) is 3.50. The molecule has 0 fully saturated rings. The lowest BCUT2D eigenvalue weighted by Crippen LogP contribution is -2.30. The zero-order valence-electron chi connectivity index (χ0n) is 17.1. The Kier molecular flexibility index (Phi) is 5.83. The highest BCUT2D eigenvalue weighted by Crippen LogP contribution is 2.25. The number of benzene rings is 1. The van der Waals surface area contributed by atoms with E-state index in [2.05, 4.69) is 9.55 Å². The summed E-state index contributed by atoms with van der Waals surface area (Å²) in [6, 6.07) is 15.6. The number of nitrogens with zero attached hydrogens (tertiary/aromatic N) is 3. The van der Waals surface area contributed by atoms with E-state index < -0.39 is 0 Å². The number of rotatable bonds is 6. The van der Waals surface area contributed by atoms with Crippen molar-refractivity contribution in [1.29, 1.82) is 0 Å². The number of aromatic nitrogens is 2. The van der Waals surface area contributed by atoms with Gasteiger partial charge in [0, 0.05) is 24.6 Å². The van der Waals surface area contributed by atoms with E-state index in [-0.39, 0.29) is 11.9 Å². The predicted molar refractivity (Wildman–Crippen MR) is 111 cm³/mol. The molecule has 0 N–H and O–H groups in total. The Morgan fingerprint density at radius 1 is 1.18 bits per heavy atom. The molecule has 0 bridgehead atoms. The lowest BCUT2D eigenvalue weighted by Gasteiger charge is -2.25. The summed E-state index contributed by atoms with van der Waals surface area (Å²) in [5, 5.41) is 0. The number of amides is 1. The minimum absolute atomic E-state index is 0.0173. The molecule has 0 spiro atoms. The van der Waals surface area contributed by atoms with Gasteiger partial charge >= 0.3 is 0 Å². The Balaban J connectivity index is 1.82. The first kappa shape index (κ1) is 19.7. The molecule has 1 atom stereocenters. The summed E-state index contributed by atoms with van der Waals surface area (Å²) in [5.74, 6) is 0.826. The molecule has 146 valence electrons. The predicted octanol–water partition coefficient (Wildman–Crippen LogP) is 4.39. The van der Waals surface area contributed by atoms with Crippen LogP contribution in [0, 0.1) is 13.8 Å². The molecule has 5 nitrogen and oxygen atoms in total. The van der Waals surface area contributed by atoms with Gasteiger partial charge in [-0.3, -0.25) is 9.78 Å². The second-order valence-electron chi connectivity index (χ2n) is 7.06. The number of methoxy groups -OCH3 is 1. The van der Waals surface area contributed by atoms with E-state index in [0.717, 1.165) is 34.0 Å². The summed E-state index contributed by atoms with van der Waals surface area (Å²) >= 11 is 0. The van der Waals surface area contributed by atoms with Crippen molar-refractivity contribution >= 4 is 5.91 Å². The maximum atomic E-state index is 13.2. The average molecular weight is 377 g/mol. The first-order valence-electron chi connectivity index (χ1n) is 9.40. The van der Waals surface area contributed by atoms with Crippen LogP contribution in [0.3, 0.4) is 0 Å². The molecule has 0 saturated carbocycles. The number of carbonyl (C=O) groups excluding carboxylic acids is 1. The van der Waals surface area contributed by atoms with Crippen molar-refractivity contribution < 1.29 is 9.53 Å². The van der Waals surface area contributed by atoms with Crippen LogP contribution >= 0.6 is 0 Å². The van der Waals surface area contributed by atoms with Crippen LogP contribution < -0.4 is 4.74 Å². The van der Waals surface area contributed by atoms with Gasteiger partial charge in [-0.25, -0.2) is 0 Å². The molecule has 1 aromatic carbocycles. The van der Waals surface area contributed by atoms with Gasteiger partial charge in [0.05, 0.1) is 31.0 Å². The van der Waals surface area contributed by atoms with Crippen molar-refractivity contribution in [2.75, 3.05) is 14.2 Å². The maximum absolute atomic E-state index is 13.2. The van der Waals surface area contributed by atoms with Gasteiger partial charge in [-0.1, -0.05) is 18.2 Å². The smallest absolute Gasteiger partial charge is 0.255 e. The fraction of sp³-hybridized carbons (Fsp3) is 0.304. The Morgan fingerprint density at radius 3 is 2.50 bits per heavy atom. The lowest BCUT2D eigenvalue weighted by atomic mass is 10.1.